The fourth-order valence-corrected chi connectivity index (χ4v) is 10.9. The smallest absolute Gasteiger partial charge is 0.456 e. The van der Waals surface area contributed by atoms with Gasteiger partial charge in [-0.2, -0.15) is 0 Å². The molecule has 2 N–H and O–H groups in total. The minimum Gasteiger partial charge on any atom is -0.456 e. The Kier molecular flexibility index (Phi) is 56.6. The summed E-state index contributed by atoms with van der Waals surface area (Å²) < 4.78 is 30.8. The van der Waals surface area contributed by atoms with E-state index in [1.807, 2.05) is 33.3 Å². The van der Waals surface area contributed by atoms with E-state index >= 15 is 0 Å². The molecule has 0 saturated heterocycles. The molecule has 0 radical (unpaired) electrons. The fourth-order valence-electron chi connectivity index (χ4n) is 10.2. The SMILES string of the molecule is CCCCCC/C=C\CCCCCCCCCC(=O)OC(/C=C\CCCCCCCCCCCCC)C(COP(=O)(O)OCC[N+](C)(C)C)NC(=O)CCCCCCCCCCCCCCCCCCCCCCCCC. The van der Waals surface area contributed by atoms with Gasteiger partial charge in [0.25, 0.3) is 0 Å². The van der Waals surface area contributed by atoms with E-state index in [4.69, 9.17) is 13.8 Å². The number of quaternary nitrogens is 1. The van der Waals surface area contributed by atoms with E-state index in [0.29, 0.717) is 23.9 Å². The predicted octanol–water partition coefficient (Wildman–Crippen LogP) is 20.9. The monoisotopic (exact) mass is 1110 g/mol. The number of likely N-dealkylation sites (N-methyl/N-ethyl adjacent to an activating group) is 1. The number of phosphoric ester groups is 1. The summed E-state index contributed by atoms with van der Waals surface area (Å²) in [6.45, 7) is 7.06. The second-order valence-electron chi connectivity index (χ2n) is 24.4. The van der Waals surface area contributed by atoms with Gasteiger partial charge in [0.05, 0.1) is 33.8 Å². The Bertz CT molecular complexity index is 1370. The van der Waals surface area contributed by atoms with Crippen molar-refractivity contribution < 1.29 is 37.3 Å². The minimum absolute atomic E-state index is 0.0434. The molecule has 0 aliphatic heterocycles. The van der Waals surface area contributed by atoms with Crippen LogP contribution < -0.4 is 5.32 Å². The Hall–Kier alpha value is -1.51. The summed E-state index contributed by atoms with van der Waals surface area (Å²) in [4.78, 5) is 37.8. The molecule has 0 bridgehead atoms. The maximum atomic E-state index is 13.6. The van der Waals surface area contributed by atoms with E-state index in [9.17, 15) is 19.0 Å². The van der Waals surface area contributed by atoms with Crippen LogP contribution >= 0.6 is 7.82 Å². The molecular formula is C67H132N2O7P+. The third-order valence-electron chi connectivity index (χ3n) is 15.4. The van der Waals surface area contributed by atoms with Gasteiger partial charge in [-0.15, -0.1) is 0 Å². The Balaban J connectivity index is 5.11. The molecule has 0 aliphatic rings. The number of hydrogen-bond donors (Lipinski definition) is 2. The first-order valence-electron chi connectivity index (χ1n) is 33.7. The number of amides is 1. The molecule has 0 aliphatic carbocycles. The van der Waals surface area contributed by atoms with Crippen LogP contribution in [0, 0.1) is 0 Å². The van der Waals surface area contributed by atoms with Crippen LogP contribution in [0.1, 0.15) is 342 Å². The molecule has 3 atom stereocenters. The number of unbranched alkanes of at least 4 members (excludes halogenated alkanes) is 44. The molecule has 0 spiro atoms. The van der Waals surface area contributed by atoms with Crippen LogP contribution in [0.25, 0.3) is 0 Å². The fraction of sp³-hybridized carbons (Fsp3) is 0.910. The molecule has 10 heteroatoms. The molecule has 0 aromatic carbocycles. The van der Waals surface area contributed by atoms with Crippen molar-refractivity contribution in [2.75, 3.05) is 40.9 Å². The number of nitrogens with zero attached hydrogens (tertiary/aromatic N) is 1. The van der Waals surface area contributed by atoms with Crippen molar-refractivity contribution in [3.63, 3.8) is 0 Å². The Morgan fingerprint density at radius 2 is 0.753 bits per heavy atom. The highest BCUT2D eigenvalue weighted by molar-refractivity contribution is 7.47. The van der Waals surface area contributed by atoms with Crippen LogP contribution in [0.2, 0.25) is 0 Å². The van der Waals surface area contributed by atoms with Crippen molar-refractivity contribution in [2.45, 2.75) is 354 Å². The Labute approximate surface area is 479 Å². The normalized spacial score (nSPS) is 13.7. The average molecular weight is 1110 g/mol. The van der Waals surface area contributed by atoms with Crippen LogP contribution in [0.5, 0.6) is 0 Å². The van der Waals surface area contributed by atoms with E-state index in [-0.39, 0.29) is 25.1 Å². The third-order valence-corrected chi connectivity index (χ3v) is 16.4. The van der Waals surface area contributed by atoms with Crippen molar-refractivity contribution in [3.05, 3.63) is 24.3 Å². The van der Waals surface area contributed by atoms with Crippen LogP contribution in [0.15, 0.2) is 24.3 Å². The van der Waals surface area contributed by atoms with Crippen molar-refractivity contribution in [2.24, 2.45) is 0 Å². The third kappa shape index (κ3) is 58.9. The zero-order chi connectivity index (χ0) is 56.4. The van der Waals surface area contributed by atoms with Gasteiger partial charge in [-0.25, -0.2) is 4.57 Å². The maximum Gasteiger partial charge on any atom is 0.472 e. The number of allylic oxidation sites excluding steroid dienone is 3. The maximum absolute atomic E-state index is 13.6. The molecule has 0 rings (SSSR count). The highest BCUT2D eigenvalue weighted by Crippen LogP contribution is 2.43. The summed E-state index contributed by atoms with van der Waals surface area (Å²) in [6.07, 6.45) is 68.9. The van der Waals surface area contributed by atoms with Crippen LogP contribution in [0.4, 0.5) is 0 Å². The van der Waals surface area contributed by atoms with Gasteiger partial charge >= 0.3 is 13.8 Å². The van der Waals surface area contributed by atoms with Crippen molar-refractivity contribution in [1.29, 1.82) is 0 Å². The van der Waals surface area contributed by atoms with E-state index in [2.05, 4.69) is 38.2 Å². The lowest BCUT2D eigenvalue weighted by Crippen LogP contribution is -2.47. The number of esters is 1. The van der Waals surface area contributed by atoms with Gasteiger partial charge in [-0.3, -0.25) is 18.6 Å². The van der Waals surface area contributed by atoms with Gasteiger partial charge in [-0.1, -0.05) is 296 Å². The van der Waals surface area contributed by atoms with E-state index < -0.39 is 20.0 Å². The van der Waals surface area contributed by atoms with E-state index in [1.165, 1.54) is 250 Å². The zero-order valence-corrected chi connectivity index (χ0v) is 53.1. The highest BCUT2D eigenvalue weighted by Gasteiger charge is 2.30. The second kappa shape index (κ2) is 57.7. The van der Waals surface area contributed by atoms with Gasteiger partial charge in [0, 0.05) is 12.8 Å². The molecule has 77 heavy (non-hydrogen) atoms. The Morgan fingerprint density at radius 1 is 0.442 bits per heavy atom. The molecule has 456 valence electrons. The predicted molar refractivity (Wildman–Crippen MR) is 333 cm³/mol. The van der Waals surface area contributed by atoms with Crippen LogP contribution in [0.3, 0.4) is 0 Å². The largest absolute Gasteiger partial charge is 0.472 e. The number of carbonyl (C=O) groups is 2. The summed E-state index contributed by atoms with van der Waals surface area (Å²) in [7, 11) is 1.51. The number of nitrogens with one attached hydrogen (secondary N) is 1. The average Bonchev–Trinajstić information content (AvgIpc) is 3.39. The molecule has 0 aromatic heterocycles. The summed E-state index contributed by atoms with van der Waals surface area (Å²) in [5.74, 6) is -0.490. The van der Waals surface area contributed by atoms with Gasteiger partial charge in [-0.05, 0) is 57.4 Å². The summed E-state index contributed by atoms with van der Waals surface area (Å²) >= 11 is 0. The number of rotatable bonds is 62. The summed E-state index contributed by atoms with van der Waals surface area (Å²) in [5.41, 5.74) is 0. The van der Waals surface area contributed by atoms with Gasteiger partial charge in [0.1, 0.15) is 19.3 Å². The number of phosphoric acid groups is 1. The standard InChI is InChI=1S/C67H131N2O7P/c1-7-10-13-16-19-22-25-28-30-31-32-33-34-35-36-37-39-41-44-47-50-53-56-59-66(70)68-64(63-75-77(72,73)74-62-61-69(4,5)6)65(58-55-52-49-46-43-40-27-24-21-18-15-12-9-3)76-67(71)60-57-54-51-48-45-42-38-29-26-23-20-17-14-11-8-2/h23,26,55,58,64-65H,7-22,24-25,27-54,56-57,59-63H2,1-6H3,(H-,68,70,72,73)/p+1/b26-23-,58-55-. The lowest BCUT2D eigenvalue weighted by Gasteiger charge is -2.27. The first-order valence-corrected chi connectivity index (χ1v) is 35.2. The quantitative estimate of drug-likeness (QED) is 0.0205. The first-order chi connectivity index (χ1) is 37.4. The van der Waals surface area contributed by atoms with Gasteiger partial charge in [0.2, 0.25) is 5.91 Å². The van der Waals surface area contributed by atoms with Gasteiger partial charge in [0.15, 0.2) is 0 Å². The van der Waals surface area contributed by atoms with Gasteiger partial charge < -0.3 is 19.4 Å². The molecule has 0 aromatic rings. The van der Waals surface area contributed by atoms with Crippen molar-refractivity contribution in [1.82, 2.24) is 5.32 Å². The lowest BCUT2D eigenvalue weighted by molar-refractivity contribution is -0.870. The van der Waals surface area contributed by atoms with Crippen molar-refractivity contribution in [3.8, 4) is 0 Å². The van der Waals surface area contributed by atoms with Crippen LogP contribution in [-0.2, 0) is 27.9 Å². The zero-order valence-electron chi connectivity index (χ0n) is 52.2. The molecule has 0 saturated carbocycles. The second-order valence-corrected chi connectivity index (χ2v) is 25.8. The molecule has 0 heterocycles. The molecule has 0 fully saturated rings. The van der Waals surface area contributed by atoms with Crippen molar-refractivity contribution >= 4 is 19.7 Å². The summed E-state index contributed by atoms with van der Waals surface area (Å²) in [5, 5.41) is 3.07. The number of ether oxygens (including phenoxy) is 1. The number of hydrogen-bond acceptors (Lipinski definition) is 6. The Morgan fingerprint density at radius 3 is 1.12 bits per heavy atom. The number of carbonyl (C=O) groups excluding carboxylic acids is 2. The molecule has 9 nitrogen and oxygen atoms in total. The summed E-state index contributed by atoms with van der Waals surface area (Å²) in [6, 6.07) is -0.845. The highest BCUT2D eigenvalue weighted by atomic mass is 31.2. The van der Waals surface area contributed by atoms with E-state index in [1.54, 1.807) is 0 Å². The topological polar surface area (TPSA) is 111 Å². The molecule has 3 unspecified atom stereocenters. The van der Waals surface area contributed by atoms with E-state index in [0.717, 1.165) is 57.8 Å². The van der Waals surface area contributed by atoms with Crippen LogP contribution in [-0.4, -0.2) is 74.3 Å². The minimum atomic E-state index is -4.45. The molecule has 1 amide bonds. The first kappa shape index (κ1) is 75.5. The lowest BCUT2D eigenvalue weighted by atomic mass is 10.0. The molecular weight excluding hydrogens is 976 g/mol.